The summed E-state index contributed by atoms with van der Waals surface area (Å²) < 4.78 is 5.80. The maximum Gasteiger partial charge on any atom is 0.113 e. The molecule has 2 aromatic carbocycles. The first-order valence-electron chi connectivity index (χ1n) is 10.8. The molecular weight excluding hydrogens is 378 g/mol. The van der Waals surface area contributed by atoms with E-state index in [1.165, 1.54) is 22.3 Å². The number of hydrogen-bond donors (Lipinski definition) is 4. The van der Waals surface area contributed by atoms with Crippen molar-refractivity contribution in [2.45, 2.75) is 61.9 Å². The second kappa shape index (κ2) is 8.13. The minimum absolute atomic E-state index is 0.250. The van der Waals surface area contributed by atoms with E-state index in [2.05, 4.69) is 46.9 Å². The molecule has 0 saturated carbocycles. The summed E-state index contributed by atoms with van der Waals surface area (Å²) in [6.07, 6.45) is -2.58. The molecule has 1 heterocycles. The third-order valence-electron chi connectivity index (χ3n) is 7.00. The number of aliphatic hydroxyl groups is 4. The van der Waals surface area contributed by atoms with Gasteiger partial charge in [-0.1, -0.05) is 48.9 Å². The number of benzene rings is 2. The summed E-state index contributed by atoms with van der Waals surface area (Å²) in [6.45, 7) is 1.70. The van der Waals surface area contributed by atoms with Crippen molar-refractivity contribution < 1.29 is 25.2 Å². The molecule has 30 heavy (non-hydrogen) atoms. The zero-order chi connectivity index (χ0) is 21.6. The van der Waals surface area contributed by atoms with Gasteiger partial charge in [0.1, 0.15) is 46.2 Å². The quantitative estimate of drug-likeness (QED) is 0.493. The predicted octanol–water partition coefficient (Wildman–Crippen LogP) is -0.670. The highest BCUT2D eigenvalue weighted by Gasteiger charge is 2.44. The molecule has 5 atom stereocenters. The summed E-state index contributed by atoms with van der Waals surface area (Å²) in [5.74, 6) is 0. The SMILES string of the molecule is BC(B)(c1ccc2c(c1)CC2)c1cc([C@@H]2O[C@H](CO)[C@@H](O)[C@H](O)[C@H]2O)ccc1CC. The van der Waals surface area contributed by atoms with Gasteiger partial charge in [0.15, 0.2) is 0 Å². The summed E-state index contributed by atoms with van der Waals surface area (Å²) in [5.41, 5.74) is 7.21. The maximum absolute atomic E-state index is 10.6. The van der Waals surface area contributed by atoms with Crippen molar-refractivity contribution in [2.75, 3.05) is 6.61 Å². The van der Waals surface area contributed by atoms with E-state index in [0.717, 1.165) is 30.4 Å². The van der Waals surface area contributed by atoms with E-state index in [0.29, 0.717) is 0 Å². The van der Waals surface area contributed by atoms with Crippen LogP contribution in [0, 0.1) is 0 Å². The van der Waals surface area contributed by atoms with E-state index in [4.69, 9.17) is 4.74 Å². The normalized spacial score (nSPS) is 28.6. The van der Waals surface area contributed by atoms with Crippen molar-refractivity contribution in [2.24, 2.45) is 0 Å². The molecule has 1 fully saturated rings. The summed E-state index contributed by atoms with van der Waals surface area (Å²) >= 11 is 0. The van der Waals surface area contributed by atoms with Crippen LogP contribution in [0.2, 0.25) is 0 Å². The Bertz CT molecular complexity index is 930. The van der Waals surface area contributed by atoms with Crippen LogP contribution in [0.3, 0.4) is 0 Å². The van der Waals surface area contributed by atoms with Gasteiger partial charge < -0.3 is 25.2 Å². The Morgan fingerprint density at radius 3 is 2.30 bits per heavy atom. The second-order valence-corrected chi connectivity index (χ2v) is 9.13. The highest BCUT2D eigenvalue weighted by atomic mass is 16.5. The molecule has 0 amide bonds. The summed E-state index contributed by atoms with van der Waals surface area (Å²) in [4.78, 5) is 0. The fourth-order valence-corrected chi connectivity index (χ4v) is 4.78. The first-order chi connectivity index (χ1) is 14.3. The van der Waals surface area contributed by atoms with Crippen molar-refractivity contribution in [3.8, 4) is 0 Å². The number of aliphatic hydroxyl groups excluding tert-OH is 4. The largest absolute Gasteiger partial charge is 0.394 e. The lowest BCUT2D eigenvalue weighted by Gasteiger charge is -2.41. The number of ether oxygens (including phenoxy) is 1. The average Bonchev–Trinajstić information content (AvgIpc) is 2.72. The van der Waals surface area contributed by atoms with Crippen LogP contribution in [0.25, 0.3) is 0 Å². The molecule has 0 radical (unpaired) electrons. The molecule has 158 valence electrons. The highest BCUT2D eigenvalue weighted by molar-refractivity contribution is 6.42. The van der Waals surface area contributed by atoms with Crippen molar-refractivity contribution in [1.29, 1.82) is 0 Å². The molecule has 1 saturated heterocycles. The van der Waals surface area contributed by atoms with Crippen LogP contribution in [0.15, 0.2) is 36.4 Å². The van der Waals surface area contributed by atoms with Crippen molar-refractivity contribution >= 4 is 15.7 Å². The molecule has 4 N–H and O–H groups in total. The van der Waals surface area contributed by atoms with Gasteiger partial charge in [0.05, 0.1) is 6.61 Å². The van der Waals surface area contributed by atoms with E-state index < -0.39 is 37.1 Å². The molecule has 5 nitrogen and oxygen atoms in total. The van der Waals surface area contributed by atoms with Crippen LogP contribution < -0.4 is 0 Å². The first kappa shape index (κ1) is 21.6. The van der Waals surface area contributed by atoms with Gasteiger partial charge in [-0.15, -0.1) is 0 Å². The van der Waals surface area contributed by atoms with Gasteiger partial charge in [-0.2, -0.15) is 0 Å². The third kappa shape index (κ3) is 3.53. The topological polar surface area (TPSA) is 90.2 Å². The fourth-order valence-electron chi connectivity index (χ4n) is 4.78. The molecule has 0 aromatic heterocycles. The monoisotopic (exact) mass is 408 g/mol. The molecule has 4 rings (SSSR count). The second-order valence-electron chi connectivity index (χ2n) is 9.13. The van der Waals surface area contributed by atoms with Gasteiger partial charge >= 0.3 is 0 Å². The Hall–Kier alpha value is -1.63. The van der Waals surface area contributed by atoms with Gasteiger partial charge in [0.25, 0.3) is 0 Å². The smallest absolute Gasteiger partial charge is 0.113 e. The molecule has 1 aliphatic carbocycles. The van der Waals surface area contributed by atoms with Crippen LogP contribution in [-0.2, 0) is 29.2 Å². The fraction of sp³-hybridized carbons (Fsp3) is 0.478. The molecule has 7 heteroatoms. The Labute approximate surface area is 179 Å². The van der Waals surface area contributed by atoms with Gasteiger partial charge in [0.2, 0.25) is 0 Å². The molecule has 1 aliphatic heterocycles. The summed E-state index contributed by atoms with van der Waals surface area (Å²) in [5, 5.41) is 40.1. The van der Waals surface area contributed by atoms with Crippen molar-refractivity contribution in [3.05, 3.63) is 69.8 Å². The van der Waals surface area contributed by atoms with Crippen LogP contribution in [0.1, 0.15) is 46.4 Å². The van der Waals surface area contributed by atoms with Crippen LogP contribution >= 0.6 is 0 Å². The molecule has 2 aromatic rings. The summed E-state index contributed by atoms with van der Waals surface area (Å²) in [7, 11) is 4.41. The van der Waals surface area contributed by atoms with Gasteiger partial charge in [-0.05, 0) is 52.3 Å². The lowest BCUT2D eigenvalue weighted by atomic mass is 9.47. The van der Waals surface area contributed by atoms with Gasteiger partial charge in [0, 0.05) is 0 Å². The lowest BCUT2D eigenvalue weighted by Crippen LogP contribution is -2.55. The average molecular weight is 408 g/mol. The number of hydrogen-bond acceptors (Lipinski definition) is 5. The van der Waals surface area contributed by atoms with Crippen molar-refractivity contribution in [3.63, 3.8) is 0 Å². The van der Waals surface area contributed by atoms with E-state index in [9.17, 15) is 20.4 Å². The number of rotatable bonds is 5. The molecule has 2 aliphatic rings. The third-order valence-corrected chi connectivity index (χ3v) is 7.00. The zero-order valence-electron chi connectivity index (χ0n) is 17.9. The van der Waals surface area contributed by atoms with Crippen LogP contribution in [-0.4, -0.2) is 67.1 Å². The maximum atomic E-state index is 10.6. The Kier molecular flexibility index (Phi) is 5.86. The Balaban J connectivity index is 1.74. The highest BCUT2D eigenvalue weighted by Crippen LogP contribution is 2.37. The minimum atomic E-state index is -1.38. The predicted molar refractivity (Wildman–Crippen MR) is 120 cm³/mol. The van der Waals surface area contributed by atoms with Crippen molar-refractivity contribution in [1.82, 2.24) is 0 Å². The van der Waals surface area contributed by atoms with E-state index in [1.54, 1.807) is 0 Å². The van der Waals surface area contributed by atoms with E-state index in [1.807, 2.05) is 12.1 Å². The summed E-state index contributed by atoms with van der Waals surface area (Å²) in [6, 6.07) is 12.7. The molecule has 0 bridgehead atoms. The standard InChI is InChI=1S/C23H30B2O5/c1-2-12-3-6-15(22-21(29)20(28)19(27)18(11-26)30-22)10-17(12)23(24,25)16-8-7-13-4-5-14(13)9-16/h3,6-10,18-22,26-29H,2,4-5,11,24-25H2,1H3/t18-,19-,20+,21-,22+/m1/s1. The van der Waals surface area contributed by atoms with Crippen LogP contribution in [0.4, 0.5) is 0 Å². The van der Waals surface area contributed by atoms with E-state index >= 15 is 0 Å². The Morgan fingerprint density at radius 2 is 1.70 bits per heavy atom. The number of fused-ring (bicyclic) bond motifs is 1. The van der Waals surface area contributed by atoms with Crippen LogP contribution in [0.5, 0.6) is 0 Å². The number of aryl methyl sites for hydroxylation is 3. The lowest BCUT2D eigenvalue weighted by molar-refractivity contribution is -0.231. The van der Waals surface area contributed by atoms with Gasteiger partial charge in [-0.3, -0.25) is 0 Å². The minimum Gasteiger partial charge on any atom is -0.394 e. The Morgan fingerprint density at radius 1 is 0.967 bits per heavy atom. The van der Waals surface area contributed by atoms with Gasteiger partial charge in [-0.25, -0.2) is 0 Å². The van der Waals surface area contributed by atoms with E-state index in [-0.39, 0.29) is 5.21 Å². The molecule has 0 unspecified atom stereocenters. The zero-order valence-corrected chi connectivity index (χ0v) is 17.9. The first-order valence-corrected chi connectivity index (χ1v) is 10.8. The molecular formula is C23H30B2O5. The molecule has 0 spiro atoms.